The maximum Gasteiger partial charge on any atom is 0.232 e. The zero-order chi connectivity index (χ0) is 19.3. The predicted octanol–water partition coefficient (Wildman–Crippen LogP) is 4.31. The van der Waals surface area contributed by atoms with Gasteiger partial charge in [-0.05, 0) is 30.3 Å². The van der Waals surface area contributed by atoms with Crippen LogP contribution in [0.15, 0.2) is 65.3 Å². The third-order valence-corrected chi connectivity index (χ3v) is 7.20. The van der Waals surface area contributed by atoms with Crippen molar-refractivity contribution in [2.24, 2.45) is 0 Å². The first kappa shape index (κ1) is 17.0. The Morgan fingerprint density at radius 2 is 1.86 bits per heavy atom. The van der Waals surface area contributed by atoms with Gasteiger partial charge in [-0.2, -0.15) is 0 Å². The Bertz CT molecular complexity index is 1450. The van der Waals surface area contributed by atoms with Gasteiger partial charge in [0.1, 0.15) is 5.01 Å². The van der Waals surface area contributed by atoms with Gasteiger partial charge in [0.2, 0.25) is 14.2 Å². The predicted molar refractivity (Wildman–Crippen MR) is 111 cm³/mol. The molecule has 8 heteroatoms. The van der Waals surface area contributed by atoms with E-state index in [9.17, 15) is 8.42 Å². The molecule has 2 aromatic carbocycles. The molecule has 0 unspecified atom stereocenters. The highest BCUT2D eigenvalue weighted by Crippen LogP contribution is 2.34. The third-order valence-electron chi connectivity index (χ3n) is 4.55. The van der Waals surface area contributed by atoms with Gasteiger partial charge in [0, 0.05) is 51.6 Å². The van der Waals surface area contributed by atoms with Crippen LogP contribution in [-0.4, -0.2) is 34.8 Å². The lowest BCUT2D eigenvalue weighted by Crippen LogP contribution is -1.95. The van der Waals surface area contributed by atoms with Crippen LogP contribution in [0, 0.1) is 0 Å². The second-order valence-corrected chi connectivity index (χ2v) is 9.69. The van der Waals surface area contributed by atoms with Crippen LogP contribution >= 0.6 is 11.3 Å². The fraction of sp³-hybridized carbons (Fsp3) is 0.0500. The number of aromatic nitrogens is 4. The Labute approximate surface area is 164 Å². The average Bonchev–Trinajstić information content (AvgIpc) is 3.34. The molecule has 0 atom stereocenters. The minimum Gasteiger partial charge on any atom is -0.361 e. The fourth-order valence-electron chi connectivity index (χ4n) is 3.19. The number of para-hydroxylation sites is 1. The molecule has 0 amide bonds. The Balaban J connectivity index is 1.64. The first-order chi connectivity index (χ1) is 13.5. The van der Waals surface area contributed by atoms with E-state index in [2.05, 4.69) is 26.2 Å². The van der Waals surface area contributed by atoms with Gasteiger partial charge in [-0.3, -0.25) is 4.98 Å². The van der Waals surface area contributed by atoms with Crippen LogP contribution in [0.4, 0.5) is 0 Å². The number of pyridine rings is 1. The van der Waals surface area contributed by atoms with Crippen LogP contribution in [0.1, 0.15) is 0 Å². The van der Waals surface area contributed by atoms with Crippen molar-refractivity contribution in [2.45, 2.75) is 4.34 Å². The van der Waals surface area contributed by atoms with Crippen LogP contribution < -0.4 is 0 Å². The molecule has 138 valence electrons. The van der Waals surface area contributed by atoms with Crippen LogP contribution in [0.25, 0.3) is 43.5 Å². The van der Waals surface area contributed by atoms with E-state index in [-0.39, 0.29) is 4.34 Å². The maximum atomic E-state index is 11.7. The van der Waals surface area contributed by atoms with E-state index in [0.29, 0.717) is 5.01 Å². The van der Waals surface area contributed by atoms with Crippen molar-refractivity contribution in [3.8, 4) is 21.7 Å². The first-order valence-electron chi connectivity index (χ1n) is 8.49. The van der Waals surface area contributed by atoms with Gasteiger partial charge >= 0.3 is 0 Å². The van der Waals surface area contributed by atoms with Crippen LogP contribution in [-0.2, 0) is 9.84 Å². The summed E-state index contributed by atoms with van der Waals surface area (Å²) < 4.78 is 23.4. The van der Waals surface area contributed by atoms with Gasteiger partial charge in [-0.1, -0.05) is 29.5 Å². The molecule has 0 aliphatic heterocycles. The number of benzene rings is 2. The molecular formula is C20H14N4O2S2. The molecule has 3 aromatic heterocycles. The summed E-state index contributed by atoms with van der Waals surface area (Å²) in [5.41, 5.74) is 4.81. The summed E-state index contributed by atoms with van der Waals surface area (Å²) in [6, 6.07) is 16.0. The molecule has 0 bridgehead atoms. The smallest absolute Gasteiger partial charge is 0.232 e. The van der Waals surface area contributed by atoms with Crippen molar-refractivity contribution >= 4 is 43.0 Å². The highest BCUT2D eigenvalue weighted by molar-refractivity contribution is 7.92. The third kappa shape index (κ3) is 2.87. The van der Waals surface area contributed by atoms with E-state index in [1.807, 2.05) is 54.9 Å². The zero-order valence-electron chi connectivity index (χ0n) is 14.7. The quantitative estimate of drug-likeness (QED) is 0.482. The summed E-state index contributed by atoms with van der Waals surface area (Å²) in [6.45, 7) is 0. The van der Waals surface area contributed by atoms with Crippen LogP contribution in [0.5, 0.6) is 0 Å². The lowest BCUT2D eigenvalue weighted by Gasteiger charge is -2.03. The molecule has 6 nitrogen and oxygen atoms in total. The number of fused-ring (bicyclic) bond motifs is 2. The highest BCUT2D eigenvalue weighted by Gasteiger charge is 2.16. The second kappa shape index (κ2) is 6.22. The Hall–Kier alpha value is -3.10. The highest BCUT2D eigenvalue weighted by atomic mass is 32.2. The summed E-state index contributed by atoms with van der Waals surface area (Å²) in [4.78, 5) is 7.84. The van der Waals surface area contributed by atoms with E-state index in [1.165, 1.54) is 0 Å². The molecule has 1 N–H and O–H groups in total. The van der Waals surface area contributed by atoms with Crippen molar-refractivity contribution in [3.05, 3.63) is 60.9 Å². The lowest BCUT2D eigenvalue weighted by atomic mass is 10.0. The Morgan fingerprint density at radius 1 is 1.00 bits per heavy atom. The number of H-pyrrole nitrogens is 1. The van der Waals surface area contributed by atoms with Gasteiger partial charge in [-0.15, -0.1) is 10.2 Å². The average molecular weight is 406 g/mol. The number of hydrogen-bond acceptors (Lipinski definition) is 6. The maximum absolute atomic E-state index is 11.7. The van der Waals surface area contributed by atoms with Crippen LogP contribution in [0.3, 0.4) is 0 Å². The molecule has 0 radical (unpaired) electrons. The minimum absolute atomic E-state index is 0.0237. The molecule has 3 heterocycles. The monoisotopic (exact) mass is 406 g/mol. The second-order valence-electron chi connectivity index (χ2n) is 6.52. The van der Waals surface area contributed by atoms with Crippen molar-refractivity contribution in [3.63, 3.8) is 0 Å². The standard InChI is InChI=1S/C20H14N4O2S2/c1-28(25,26)20-24-23-19(27-20)13-6-7-18-15(9-13)16(11-22-18)14-8-12-4-2-3-5-17(12)21-10-14/h2-11,22H,1H3. The Morgan fingerprint density at radius 3 is 2.68 bits per heavy atom. The van der Waals surface area contributed by atoms with E-state index < -0.39 is 9.84 Å². The number of nitrogens with one attached hydrogen (secondary N) is 1. The topological polar surface area (TPSA) is 88.6 Å². The molecule has 28 heavy (non-hydrogen) atoms. The Kier molecular flexibility index (Phi) is 3.78. The van der Waals surface area contributed by atoms with Crippen molar-refractivity contribution < 1.29 is 8.42 Å². The molecule has 0 saturated carbocycles. The van der Waals surface area contributed by atoms with E-state index in [0.717, 1.165) is 56.1 Å². The number of sulfone groups is 1. The molecular weight excluding hydrogens is 392 g/mol. The van der Waals surface area contributed by atoms with Crippen LogP contribution in [0.2, 0.25) is 0 Å². The van der Waals surface area contributed by atoms with Crippen molar-refractivity contribution in [1.29, 1.82) is 0 Å². The minimum atomic E-state index is -3.36. The first-order valence-corrected chi connectivity index (χ1v) is 11.2. The van der Waals surface area contributed by atoms with Crippen molar-refractivity contribution in [2.75, 3.05) is 6.26 Å². The summed E-state index contributed by atoms with van der Waals surface area (Å²) in [5, 5.41) is 10.5. The van der Waals surface area contributed by atoms with Gasteiger partial charge in [0.25, 0.3) is 0 Å². The molecule has 5 rings (SSSR count). The van der Waals surface area contributed by atoms with Gasteiger partial charge < -0.3 is 4.98 Å². The van der Waals surface area contributed by atoms with Gasteiger partial charge in [0.15, 0.2) is 0 Å². The normalized spacial score (nSPS) is 12.0. The van der Waals surface area contributed by atoms with Crippen molar-refractivity contribution in [1.82, 2.24) is 20.2 Å². The number of nitrogens with zero attached hydrogens (tertiary/aromatic N) is 3. The summed E-state index contributed by atoms with van der Waals surface area (Å²) in [7, 11) is -3.36. The van der Waals surface area contributed by atoms with E-state index >= 15 is 0 Å². The van der Waals surface area contributed by atoms with Gasteiger partial charge in [0.05, 0.1) is 5.52 Å². The molecule has 0 fully saturated rings. The molecule has 0 aliphatic rings. The van der Waals surface area contributed by atoms with Gasteiger partial charge in [-0.25, -0.2) is 8.42 Å². The number of aromatic amines is 1. The molecule has 5 aromatic rings. The molecule has 0 spiro atoms. The number of rotatable bonds is 3. The summed E-state index contributed by atoms with van der Waals surface area (Å²) >= 11 is 1.07. The number of hydrogen-bond donors (Lipinski definition) is 1. The van der Waals surface area contributed by atoms with E-state index in [1.54, 1.807) is 0 Å². The molecule has 0 aliphatic carbocycles. The summed E-state index contributed by atoms with van der Waals surface area (Å²) in [6.07, 6.45) is 4.96. The SMILES string of the molecule is CS(=O)(=O)c1nnc(-c2ccc3[nH]cc(-c4cnc5ccccc5c4)c3c2)s1. The fourth-order valence-corrected chi connectivity index (χ4v) is 4.79. The molecule has 0 saturated heterocycles. The zero-order valence-corrected chi connectivity index (χ0v) is 16.4. The summed E-state index contributed by atoms with van der Waals surface area (Å²) in [5.74, 6) is 0. The van der Waals surface area contributed by atoms with E-state index in [4.69, 9.17) is 0 Å². The lowest BCUT2D eigenvalue weighted by molar-refractivity contribution is 0.600. The largest absolute Gasteiger partial charge is 0.361 e.